The van der Waals surface area contributed by atoms with Crippen LogP contribution in [-0.4, -0.2) is 41.3 Å². The minimum Gasteiger partial charge on any atom is -0.379 e. The predicted molar refractivity (Wildman–Crippen MR) is 65.2 cm³/mol. The van der Waals surface area contributed by atoms with Crippen LogP contribution in [0.4, 0.5) is 11.6 Å². The fourth-order valence-corrected chi connectivity index (χ4v) is 1.79. The topological polar surface area (TPSA) is 88.3 Å². The number of nitrogen functional groups attached to an aromatic ring is 1. The van der Waals surface area contributed by atoms with E-state index in [0.717, 1.165) is 44.1 Å². The molecular weight excluding hydrogens is 220 g/mol. The van der Waals surface area contributed by atoms with Crippen LogP contribution in [0.25, 0.3) is 0 Å². The minimum absolute atomic E-state index is 0.665. The van der Waals surface area contributed by atoms with Crippen molar-refractivity contribution < 1.29 is 4.74 Å². The van der Waals surface area contributed by atoms with E-state index in [0.29, 0.717) is 5.82 Å². The average Bonchev–Trinajstić information content (AvgIpc) is 2.39. The van der Waals surface area contributed by atoms with Crippen molar-refractivity contribution in [3.63, 3.8) is 0 Å². The van der Waals surface area contributed by atoms with E-state index in [2.05, 4.69) is 25.8 Å². The second kappa shape index (κ2) is 5.76. The van der Waals surface area contributed by atoms with E-state index in [-0.39, 0.29) is 0 Å². The predicted octanol–water partition coefficient (Wildman–Crippen LogP) is -0.0163. The summed E-state index contributed by atoms with van der Waals surface area (Å²) >= 11 is 0. The Hall–Kier alpha value is -1.44. The summed E-state index contributed by atoms with van der Waals surface area (Å²) in [7, 11) is 0. The molecule has 1 saturated heterocycles. The third kappa shape index (κ3) is 2.82. The van der Waals surface area contributed by atoms with Gasteiger partial charge < -0.3 is 15.6 Å². The molecule has 0 aromatic carbocycles. The number of nitrogens with two attached hydrogens (primary N) is 1. The van der Waals surface area contributed by atoms with Crippen molar-refractivity contribution >= 4 is 11.6 Å². The summed E-state index contributed by atoms with van der Waals surface area (Å²) < 4.78 is 5.29. The van der Waals surface area contributed by atoms with E-state index in [9.17, 15) is 0 Å². The molecule has 0 spiro atoms. The molecule has 1 aromatic rings. The van der Waals surface area contributed by atoms with E-state index in [1.54, 1.807) is 0 Å². The molecule has 0 unspecified atom stereocenters. The summed E-state index contributed by atoms with van der Waals surface area (Å²) in [6.07, 6.45) is 2.31. The molecule has 7 heteroatoms. The third-order valence-electron chi connectivity index (χ3n) is 2.71. The lowest BCUT2D eigenvalue weighted by atomic mass is 10.2. The highest BCUT2D eigenvalue weighted by Gasteiger charge is 2.14. The Morgan fingerprint density at radius 1 is 1.35 bits per heavy atom. The number of hydrogen-bond acceptors (Lipinski definition) is 7. The van der Waals surface area contributed by atoms with Crippen molar-refractivity contribution in [2.75, 3.05) is 37.2 Å². The maximum atomic E-state index is 5.43. The van der Waals surface area contributed by atoms with Gasteiger partial charge in [0.2, 0.25) is 0 Å². The molecule has 7 nitrogen and oxygen atoms in total. The molecular formula is C10H18N6O. The van der Waals surface area contributed by atoms with Crippen molar-refractivity contribution in [3.8, 4) is 0 Å². The van der Waals surface area contributed by atoms with Gasteiger partial charge in [-0.1, -0.05) is 6.92 Å². The van der Waals surface area contributed by atoms with Gasteiger partial charge in [0, 0.05) is 18.7 Å². The summed E-state index contributed by atoms with van der Waals surface area (Å²) in [5, 5.41) is 2.09. The standard InChI is InChI=1S/C10H18N6O/c1-2-8-9(14-11)12-7-13-10(8)15-16-3-5-17-6-4-16/h7H,2-6,11H2,1H3,(H2,12,13,14,15). The highest BCUT2D eigenvalue weighted by atomic mass is 16.5. The van der Waals surface area contributed by atoms with E-state index >= 15 is 0 Å². The first-order valence-electron chi connectivity index (χ1n) is 5.75. The van der Waals surface area contributed by atoms with Crippen molar-refractivity contribution in [1.29, 1.82) is 0 Å². The lowest BCUT2D eigenvalue weighted by Crippen LogP contribution is -2.40. The second-order valence-electron chi connectivity index (χ2n) is 3.76. The van der Waals surface area contributed by atoms with E-state index in [4.69, 9.17) is 10.6 Å². The molecule has 2 heterocycles. The fraction of sp³-hybridized carbons (Fsp3) is 0.600. The molecule has 1 fully saturated rings. The molecule has 0 aliphatic carbocycles. The van der Waals surface area contributed by atoms with Crippen molar-refractivity contribution in [3.05, 3.63) is 11.9 Å². The van der Waals surface area contributed by atoms with Crippen molar-refractivity contribution in [2.24, 2.45) is 5.84 Å². The molecule has 94 valence electrons. The maximum Gasteiger partial charge on any atom is 0.149 e. The Balaban J connectivity index is 2.13. The Kier molecular flexibility index (Phi) is 4.08. The molecule has 4 N–H and O–H groups in total. The fourth-order valence-electron chi connectivity index (χ4n) is 1.79. The molecule has 1 aromatic heterocycles. The summed E-state index contributed by atoms with van der Waals surface area (Å²) in [6, 6.07) is 0. The number of rotatable bonds is 4. The highest BCUT2D eigenvalue weighted by Crippen LogP contribution is 2.20. The number of nitrogens with zero attached hydrogens (tertiary/aromatic N) is 3. The van der Waals surface area contributed by atoms with Crippen LogP contribution in [-0.2, 0) is 11.2 Å². The SMILES string of the molecule is CCc1c(NN)ncnc1NN1CCOCC1. The minimum atomic E-state index is 0.665. The molecule has 17 heavy (non-hydrogen) atoms. The van der Waals surface area contributed by atoms with Gasteiger partial charge in [0.05, 0.1) is 13.2 Å². The first kappa shape index (κ1) is 12.0. The first-order chi connectivity index (χ1) is 8.35. The lowest BCUT2D eigenvalue weighted by molar-refractivity contribution is 0.0494. The Morgan fingerprint density at radius 3 is 2.71 bits per heavy atom. The summed E-state index contributed by atoms with van der Waals surface area (Å²) in [4.78, 5) is 8.34. The van der Waals surface area contributed by atoms with Crippen LogP contribution in [0, 0.1) is 0 Å². The van der Waals surface area contributed by atoms with Gasteiger partial charge in [-0.2, -0.15) is 0 Å². The molecule has 0 bridgehead atoms. The Morgan fingerprint density at radius 2 is 2.06 bits per heavy atom. The number of nitrogens with one attached hydrogen (secondary N) is 2. The van der Waals surface area contributed by atoms with E-state index in [1.165, 1.54) is 6.33 Å². The van der Waals surface area contributed by atoms with Gasteiger partial charge in [0.1, 0.15) is 18.0 Å². The number of aromatic nitrogens is 2. The van der Waals surface area contributed by atoms with Crippen LogP contribution in [0.5, 0.6) is 0 Å². The van der Waals surface area contributed by atoms with Gasteiger partial charge in [0.25, 0.3) is 0 Å². The number of anilines is 2. The first-order valence-corrected chi connectivity index (χ1v) is 5.75. The molecule has 0 saturated carbocycles. The average molecular weight is 238 g/mol. The quantitative estimate of drug-likeness (QED) is 0.502. The van der Waals surface area contributed by atoms with Crippen LogP contribution >= 0.6 is 0 Å². The monoisotopic (exact) mass is 238 g/mol. The van der Waals surface area contributed by atoms with Gasteiger partial charge in [-0.3, -0.25) is 0 Å². The molecule has 0 radical (unpaired) electrons. The zero-order chi connectivity index (χ0) is 12.1. The zero-order valence-electron chi connectivity index (χ0n) is 9.94. The zero-order valence-corrected chi connectivity index (χ0v) is 9.94. The maximum absolute atomic E-state index is 5.43. The van der Waals surface area contributed by atoms with Crippen molar-refractivity contribution in [2.45, 2.75) is 13.3 Å². The van der Waals surface area contributed by atoms with E-state index < -0.39 is 0 Å². The second-order valence-corrected chi connectivity index (χ2v) is 3.76. The van der Waals surface area contributed by atoms with Gasteiger partial charge >= 0.3 is 0 Å². The van der Waals surface area contributed by atoms with Gasteiger partial charge in [-0.15, -0.1) is 0 Å². The van der Waals surface area contributed by atoms with Crippen molar-refractivity contribution in [1.82, 2.24) is 15.0 Å². The van der Waals surface area contributed by atoms with Crippen LogP contribution in [0.2, 0.25) is 0 Å². The largest absolute Gasteiger partial charge is 0.379 e. The van der Waals surface area contributed by atoms with Crippen LogP contribution < -0.4 is 16.7 Å². The summed E-state index contributed by atoms with van der Waals surface area (Å²) in [5.41, 5.74) is 6.86. The van der Waals surface area contributed by atoms with E-state index in [1.807, 2.05) is 6.92 Å². The third-order valence-corrected chi connectivity index (χ3v) is 2.71. The number of ether oxygens (including phenoxy) is 1. The Bertz CT molecular complexity index is 366. The summed E-state index contributed by atoms with van der Waals surface area (Å²) in [6.45, 7) is 5.21. The van der Waals surface area contributed by atoms with Gasteiger partial charge in [-0.05, 0) is 6.42 Å². The molecule has 1 aliphatic rings. The van der Waals surface area contributed by atoms with Crippen LogP contribution in [0.1, 0.15) is 12.5 Å². The highest BCUT2D eigenvalue weighted by molar-refractivity contribution is 5.56. The van der Waals surface area contributed by atoms with Crippen LogP contribution in [0.15, 0.2) is 6.33 Å². The molecule has 0 atom stereocenters. The Labute approximate surface area is 100 Å². The molecule has 1 aliphatic heterocycles. The number of hydrazine groups is 2. The smallest absolute Gasteiger partial charge is 0.149 e. The lowest BCUT2D eigenvalue weighted by Gasteiger charge is -2.28. The molecule has 0 amide bonds. The van der Waals surface area contributed by atoms with Gasteiger partial charge in [0.15, 0.2) is 0 Å². The molecule has 2 rings (SSSR count). The normalized spacial score (nSPS) is 16.8. The summed E-state index contributed by atoms with van der Waals surface area (Å²) in [5.74, 6) is 6.89. The number of morpholine rings is 1. The number of hydrogen-bond donors (Lipinski definition) is 3. The van der Waals surface area contributed by atoms with Gasteiger partial charge in [-0.25, -0.2) is 20.8 Å². The van der Waals surface area contributed by atoms with Crippen LogP contribution in [0.3, 0.4) is 0 Å².